The van der Waals surface area contributed by atoms with Crippen molar-refractivity contribution < 1.29 is 4.79 Å². The van der Waals surface area contributed by atoms with Crippen molar-refractivity contribution in [1.82, 2.24) is 40.5 Å². The number of hydrogen-bond acceptors (Lipinski definition) is 6. The normalized spacial score (nSPS) is 12.1. The summed E-state index contributed by atoms with van der Waals surface area (Å²) in [5, 5.41) is 15.0. The number of nitrogens with one attached hydrogen (secondary N) is 3. The minimum absolute atomic E-state index is 0.262. The molecular formula is C26H20Cl2N8O2. The second kappa shape index (κ2) is 11.2. The summed E-state index contributed by atoms with van der Waals surface area (Å²) in [6, 6.07) is 17.4. The molecule has 10 nitrogen and oxygen atoms in total. The topological polar surface area (TPSA) is 134 Å². The van der Waals surface area contributed by atoms with Crippen LogP contribution in [0.1, 0.15) is 23.0 Å². The first kappa shape index (κ1) is 25.1. The lowest BCUT2D eigenvalue weighted by Gasteiger charge is -2.16. The summed E-state index contributed by atoms with van der Waals surface area (Å²) in [5.74, 6) is 0.0896. The Morgan fingerprint density at radius 3 is 2.71 bits per heavy atom. The molecule has 0 saturated carbocycles. The van der Waals surface area contributed by atoms with Gasteiger partial charge in [-0.1, -0.05) is 53.5 Å². The van der Waals surface area contributed by atoms with E-state index in [2.05, 4.69) is 35.8 Å². The Kier molecular flexibility index (Phi) is 7.43. The van der Waals surface area contributed by atoms with Crippen LogP contribution in [0.4, 0.5) is 0 Å². The van der Waals surface area contributed by atoms with Crippen LogP contribution in [0.3, 0.4) is 0 Å². The lowest BCUT2D eigenvalue weighted by atomic mass is 10.1. The Bertz CT molecular complexity index is 1650. The predicted octanol–water partition coefficient (Wildman–Crippen LogP) is 4.16. The smallest absolute Gasteiger partial charge is 0.248 e. The van der Waals surface area contributed by atoms with Crippen LogP contribution in [0.15, 0.2) is 84.1 Å². The fraction of sp³-hybridized carbons (Fsp3) is 0.0769. The summed E-state index contributed by atoms with van der Waals surface area (Å²) >= 11 is 12.6. The van der Waals surface area contributed by atoms with Crippen molar-refractivity contribution in [3.8, 4) is 16.9 Å². The molecule has 0 aliphatic rings. The molecule has 0 radical (unpaired) electrons. The molecule has 1 amide bonds. The fourth-order valence-corrected chi connectivity index (χ4v) is 4.34. The largest absolute Gasteiger partial charge is 0.342 e. The third-order valence-corrected chi connectivity index (χ3v) is 6.16. The van der Waals surface area contributed by atoms with Crippen molar-refractivity contribution >= 4 is 35.2 Å². The number of halogens is 2. The van der Waals surface area contributed by atoms with E-state index in [4.69, 9.17) is 23.2 Å². The second-order valence-corrected chi connectivity index (χ2v) is 9.08. The van der Waals surface area contributed by atoms with E-state index in [1.807, 2.05) is 30.3 Å². The van der Waals surface area contributed by atoms with Gasteiger partial charge in [0.15, 0.2) is 0 Å². The van der Waals surface area contributed by atoms with E-state index in [1.165, 1.54) is 29.3 Å². The molecule has 0 saturated heterocycles. The summed E-state index contributed by atoms with van der Waals surface area (Å²) in [5.41, 5.74) is 3.00. The van der Waals surface area contributed by atoms with Gasteiger partial charge in [0.1, 0.15) is 23.0 Å². The third kappa shape index (κ3) is 5.88. The summed E-state index contributed by atoms with van der Waals surface area (Å²) in [6.45, 7) is 0. The Labute approximate surface area is 226 Å². The quantitative estimate of drug-likeness (QED) is 0.250. The average Bonchev–Trinajstić information content (AvgIpc) is 3.58. The molecule has 2 aromatic carbocycles. The van der Waals surface area contributed by atoms with Crippen LogP contribution in [0.2, 0.25) is 10.2 Å². The summed E-state index contributed by atoms with van der Waals surface area (Å²) in [4.78, 5) is 35.1. The number of benzene rings is 2. The average molecular weight is 547 g/mol. The van der Waals surface area contributed by atoms with E-state index >= 15 is 0 Å². The number of carbonyl (C=O) groups is 1. The lowest BCUT2D eigenvalue weighted by Crippen LogP contribution is -2.29. The van der Waals surface area contributed by atoms with E-state index < -0.39 is 6.04 Å². The van der Waals surface area contributed by atoms with Gasteiger partial charge in [-0.25, -0.2) is 4.98 Å². The van der Waals surface area contributed by atoms with Gasteiger partial charge in [0.05, 0.1) is 11.7 Å². The first-order valence-electron chi connectivity index (χ1n) is 11.5. The van der Waals surface area contributed by atoms with Crippen molar-refractivity contribution in [3.05, 3.63) is 117 Å². The van der Waals surface area contributed by atoms with Crippen molar-refractivity contribution in [2.75, 3.05) is 0 Å². The Balaban J connectivity index is 1.43. The van der Waals surface area contributed by atoms with Crippen LogP contribution in [0.25, 0.3) is 23.0 Å². The van der Waals surface area contributed by atoms with Crippen LogP contribution in [0.5, 0.6) is 0 Å². The molecule has 0 fully saturated rings. The number of pyridine rings is 1. The standard InChI is InChI=1S/C26H20Cl2N8O2/c27-19-7-8-21(36-15-30-34-35-36)17(13-19)6-9-22(37)31-20(12-16-4-2-1-3-5-16)26-32-24(25(28)33-26)18-10-11-29-23(38)14-18/h1-11,13-15,20H,12H2,(H,29,38)(H,31,37)(H,32,33)/b9-6+/t20-/m0/s1. The number of nitrogens with zero attached hydrogens (tertiary/aromatic N) is 5. The van der Waals surface area contributed by atoms with Gasteiger partial charge >= 0.3 is 0 Å². The van der Waals surface area contributed by atoms with Crippen molar-refractivity contribution in [2.24, 2.45) is 0 Å². The van der Waals surface area contributed by atoms with Crippen LogP contribution in [-0.2, 0) is 11.2 Å². The highest BCUT2D eigenvalue weighted by molar-refractivity contribution is 6.32. The molecule has 0 unspecified atom stereocenters. The number of rotatable bonds is 8. The number of tetrazole rings is 1. The molecule has 3 N–H and O–H groups in total. The maximum absolute atomic E-state index is 13.1. The van der Waals surface area contributed by atoms with Crippen LogP contribution in [-0.4, -0.2) is 41.1 Å². The number of imidazole rings is 1. The van der Waals surface area contributed by atoms with Crippen molar-refractivity contribution in [3.63, 3.8) is 0 Å². The highest BCUT2D eigenvalue weighted by atomic mass is 35.5. The zero-order valence-electron chi connectivity index (χ0n) is 19.7. The zero-order chi connectivity index (χ0) is 26.5. The first-order valence-corrected chi connectivity index (χ1v) is 12.2. The Morgan fingerprint density at radius 1 is 1.11 bits per heavy atom. The number of aromatic nitrogens is 7. The Morgan fingerprint density at radius 2 is 1.95 bits per heavy atom. The minimum Gasteiger partial charge on any atom is -0.342 e. The molecule has 5 aromatic rings. The van der Waals surface area contributed by atoms with Gasteiger partial charge in [-0.2, -0.15) is 4.68 Å². The molecule has 0 bridgehead atoms. The van der Waals surface area contributed by atoms with E-state index in [0.717, 1.165) is 5.56 Å². The van der Waals surface area contributed by atoms with Gasteiger partial charge in [0.25, 0.3) is 0 Å². The highest BCUT2D eigenvalue weighted by Crippen LogP contribution is 2.28. The molecule has 5 rings (SSSR count). The SMILES string of the molecule is O=C(/C=C/c1cc(Cl)ccc1-n1cnnn1)N[C@@H](Cc1ccccc1)c1nc(-c2cc[nH]c(=O)c2)c(Cl)[nH]1. The lowest BCUT2D eigenvalue weighted by molar-refractivity contribution is -0.117. The molecule has 190 valence electrons. The van der Waals surface area contributed by atoms with Crippen molar-refractivity contribution in [2.45, 2.75) is 12.5 Å². The summed E-state index contributed by atoms with van der Waals surface area (Å²) in [7, 11) is 0. The number of amides is 1. The molecule has 12 heteroatoms. The predicted molar refractivity (Wildman–Crippen MR) is 144 cm³/mol. The third-order valence-electron chi connectivity index (χ3n) is 5.66. The summed E-state index contributed by atoms with van der Waals surface area (Å²) in [6.07, 6.45) is 6.46. The van der Waals surface area contributed by atoms with Gasteiger partial charge in [-0.3, -0.25) is 9.59 Å². The molecule has 3 aromatic heterocycles. The van der Waals surface area contributed by atoms with E-state index in [9.17, 15) is 9.59 Å². The van der Waals surface area contributed by atoms with Gasteiger partial charge in [-0.15, -0.1) is 5.10 Å². The maximum atomic E-state index is 13.1. The molecule has 3 heterocycles. The zero-order valence-corrected chi connectivity index (χ0v) is 21.2. The van der Waals surface area contributed by atoms with Gasteiger partial charge in [0, 0.05) is 34.5 Å². The number of H-pyrrole nitrogens is 2. The first-order chi connectivity index (χ1) is 18.5. The van der Waals surface area contributed by atoms with Crippen LogP contribution < -0.4 is 10.9 Å². The number of aromatic amines is 2. The van der Waals surface area contributed by atoms with E-state index in [1.54, 1.807) is 30.3 Å². The summed E-state index contributed by atoms with van der Waals surface area (Å²) < 4.78 is 1.48. The fourth-order valence-electron chi connectivity index (χ4n) is 3.91. The van der Waals surface area contributed by atoms with Crippen LogP contribution in [0, 0.1) is 0 Å². The number of hydrogen-bond donors (Lipinski definition) is 3. The van der Waals surface area contributed by atoms with Crippen LogP contribution >= 0.6 is 23.2 Å². The molecule has 0 aliphatic carbocycles. The molecular weight excluding hydrogens is 527 g/mol. The maximum Gasteiger partial charge on any atom is 0.248 e. The second-order valence-electron chi connectivity index (χ2n) is 8.27. The Hall–Kier alpha value is -4.54. The highest BCUT2D eigenvalue weighted by Gasteiger charge is 2.21. The van der Waals surface area contributed by atoms with Gasteiger partial charge < -0.3 is 15.3 Å². The van der Waals surface area contributed by atoms with E-state index in [-0.39, 0.29) is 16.6 Å². The minimum atomic E-state index is -0.541. The van der Waals surface area contributed by atoms with E-state index in [0.29, 0.717) is 39.8 Å². The molecule has 0 spiro atoms. The monoisotopic (exact) mass is 546 g/mol. The molecule has 0 aliphatic heterocycles. The molecule has 1 atom stereocenters. The molecule has 38 heavy (non-hydrogen) atoms. The number of carbonyl (C=O) groups excluding carboxylic acids is 1. The van der Waals surface area contributed by atoms with Gasteiger partial charge in [-0.05, 0) is 52.8 Å². The van der Waals surface area contributed by atoms with Crippen molar-refractivity contribution in [1.29, 1.82) is 0 Å². The van der Waals surface area contributed by atoms with Gasteiger partial charge in [0.2, 0.25) is 11.5 Å².